The molecule has 4 aromatic heterocycles. The number of nitrogens with one attached hydrogen (secondary N) is 1. The summed E-state index contributed by atoms with van der Waals surface area (Å²) >= 11 is 1.70. The number of aromatic amines is 1. The molecule has 5 rings (SSSR count). The number of thioether (sulfide) groups is 1. The van der Waals surface area contributed by atoms with Crippen LogP contribution in [0.25, 0.3) is 34.3 Å². The molecule has 0 radical (unpaired) electrons. The summed E-state index contributed by atoms with van der Waals surface area (Å²) in [5.41, 5.74) is 4.17. The Hall–Kier alpha value is -4.58. The molecular weight excluding hydrogens is 554 g/mol. The van der Waals surface area contributed by atoms with Crippen LogP contribution in [0, 0.1) is 6.92 Å². The zero-order valence-electron chi connectivity index (χ0n) is 23.7. The SMILES string of the molecule is CCCCc1nc(-c2ncc(OCCSC)cn2)n(Cc2ccc(-c3ccccc3-c3noc(=O)[nH]3)nc2)c(=O)c1C. The van der Waals surface area contributed by atoms with Crippen molar-refractivity contribution < 1.29 is 9.26 Å². The minimum absolute atomic E-state index is 0.139. The molecular formula is C30H31N7O4S. The summed E-state index contributed by atoms with van der Waals surface area (Å²) < 4.78 is 12.0. The van der Waals surface area contributed by atoms with Crippen molar-refractivity contribution in [2.75, 3.05) is 18.6 Å². The Balaban J connectivity index is 1.48. The van der Waals surface area contributed by atoms with E-state index in [0.29, 0.717) is 53.1 Å². The van der Waals surface area contributed by atoms with Gasteiger partial charge in [-0.1, -0.05) is 48.8 Å². The van der Waals surface area contributed by atoms with Crippen LogP contribution in [0.5, 0.6) is 5.75 Å². The third-order valence-corrected chi connectivity index (χ3v) is 7.29. The molecule has 0 aliphatic heterocycles. The molecule has 1 aromatic carbocycles. The van der Waals surface area contributed by atoms with Gasteiger partial charge in [-0.2, -0.15) is 11.8 Å². The standard InChI is InChI=1S/C30H31N7O4S/c1-4-5-10-24-19(2)29(38)37(28(34-24)27-32-16-21(17-33-27)40-13-14-42-3)18-20-11-12-25(31-15-20)22-8-6-7-9-23(22)26-35-30(39)41-36-26/h6-9,11-12,15-17H,4-5,10,13-14,18H2,1-3H3,(H,35,36,39). The van der Waals surface area contributed by atoms with Crippen LogP contribution < -0.4 is 16.1 Å². The first kappa shape index (κ1) is 28.9. The minimum Gasteiger partial charge on any atom is -0.489 e. The van der Waals surface area contributed by atoms with Crippen molar-refractivity contribution in [2.45, 2.75) is 39.7 Å². The van der Waals surface area contributed by atoms with E-state index in [2.05, 4.69) is 36.5 Å². The predicted molar refractivity (Wildman–Crippen MR) is 162 cm³/mol. The van der Waals surface area contributed by atoms with Gasteiger partial charge in [-0.3, -0.25) is 23.9 Å². The smallest absolute Gasteiger partial charge is 0.439 e. The van der Waals surface area contributed by atoms with Crippen molar-refractivity contribution in [1.82, 2.24) is 34.6 Å². The Morgan fingerprint density at radius 1 is 1.02 bits per heavy atom. The fraction of sp³-hybridized carbons (Fsp3) is 0.300. The second-order valence-electron chi connectivity index (χ2n) is 9.63. The van der Waals surface area contributed by atoms with Crippen LogP contribution in [-0.2, 0) is 13.0 Å². The summed E-state index contributed by atoms with van der Waals surface area (Å²) in [6.45, 7) is 4.71. The summed E-state index contributed by atoms with van der Waals surface area (Å²) in [6, 6.07) is 11.2. The summed E-state index contributed by atoms with van der Waals surface area (Å²) in [6.07, 6.45) is 9.58. The highest BCUT2D eigenvalue weighted by Gasteiger charge is 2.18. The van der Waals surface area contributed by atoms with Crippen LogP contribution >= 0.6 is 11.8 Å². The van der Waals surface area contributed by atoms with E-state index >= 15 is 0 Å². The molecule has 216 valence electrons. The highest BCUT2D eigenvalue weighted by atomic mass is 32.2. The molecule has 4 heterocycles. The molecule has 12 heteroatoms. The van der Waals surface area contributed by atoms with Crippen LogP contribution in [0.2, 0.25) is 0 Å². The average Bonchev–Trinajstić information content (AvgIpc) is 3.46. The Morgan fingerprint density at radius 3 is 2.48 bits per heavy atom. The Kier molecular flexibility index (Phi) is 9.22. The molecule has 1 N–H and O–H groups in total. The van der Waals surface area contributed by atoms with Gasteiger partial charge in [-0.15, -0.1) is 0 Å². The van der Waals surface area contributed by atoms with Gasteiger partial charge in [0, 0.05) is 28.6 Å². The number of nitrogens with zero attached hydrogens (tertiary/aromatic N) is 6. The van der Waals surface area contributed by atoms with Gasteiger partial charge in [-0.25, -0.2) is 19.7 Å². The number of aromatic nitrogens is 7. The van der Waals surface area contributed by atoms with Gasteiger partial charge < -0.3 is 4.74 Å². The zero-order chi connectivity index (χ0) is 29.5. The molecule has 0 amide bonds. The number of benzene rings is 1. The molecule has 0 bridgehead atoms. The summed E-state index contributed by atoms with van der Waals surface area (Å²) in [7, 11) is 0. The van der Waals surface area contributed by atoms with E-state index in [9.17, 15) is 9.59 Å². The van der Waals surface area contributed by atoms with Gasteiger partial charge in [0.05, 0.1) is 36.9 Å². The van der Waals surface area contributed by atoms with Gasteiger partial charge in [0.25, 0.3) is 5.56 Å². The molecule has 5 aromatic rings. The molecule has 0 unspecified atom stereocenters. The third kappa shape index (κ3) is 6.49. The molecule has 0 saturated carbocycles. The molecule has 11 nitrogen and oxygen atoms in total. The van der Waals surface area contributed by atoms with E-state index < -0.39 is 5.76 Å². The summed E-state index contributed by atoms with van der Waals surface area (Å²) in [4.78, 5) is 46.3. The quantitative estimate of drug-likeness (QED) is 0.207. The van der Waals surface area contributed by atoms with Gasteiger partial charge in [0.15, 0.2) is 23.2 Å². The molecule has 0 atom stereocenters. The normalized spacial score (nSPS) is 11.1. The van der Waals surface area contributed by atoms with Gasteiger partial charge in [0.2, 0.25) is 0 Å². The van der Waals surface area contributed by atoms with Crippen LogP contribution in [0.4, 0.5) is 0 Å². The van der Waals surface area contributed by atoms with E-state index in [1.807, 2.05) is 49.6 Å². The zero-order valence-corrected chi connectivity index (χ0v) is 24.5. The highest BCUT2D eigenvalue weighted by Crippen LogP contribution is 2.28. The Morgan fingerprint density at radius 2 is 1.81 bits per heavy atom. The molecule has 0 aliphatic carbocycles. The monoisotopic (exact) mass is 585 g/mol. The molecule has 42 heavy (non-hydrogen) atoms. The Labute approximate surface area is 246 Å². The summed E-state index contributed by atoms with van der Waals surface area (Å²) in [5.74, 6) is 1.87. The van der Waals surface area contributed by atoms with Crippen LogP contribution in [0.15, 0.2) is 69.1 Å². The number of rotatable bonds is 12. The van der Waals surface area contributed by atoms with Crippen molar-refractivity contribution in [3.05, 3.63) is 92.7 Å². The molecule has 0 saturated heterocycles. The van der Waals surface area contributed by atoms with Gasteiger partial charge in [0.1, 0.15) is 0 Å². The van der Waals surface area contributed by atoms with E-state index in [1.54, 1.807) is 34.9 Å². The Bertz CT molecular complexity index is 1760. The fourth-order valence-corrected chi connectivity index (χ4v) is 4.72. The minimum atomic E-state index is -0.629. The lowest BCUT2D eigenvalue weighted by atomic mass is 10.0. The third-order valence-electron chi connectivity index (χ3n) is 6.71. The predicted octanol–water partition coefficient (Wildman–Crippen LogP) is 4.55. The number of aryl methyl sites for hydroxylation is 1. The molecule has 0 aliphatic rings. The highest BCUT2D eigenvalue weighted by molar-refractivity contribution is 7.98. The van der Waals surface area contributed by atoms with E-state index in [0.717, 1.165) is 35.4 Å². The first-order chi connectivity index (χ1) is 20.5. The van der Waals surface area contributed by atoms with Crippen molar-refractivity contribution in [3.8, 4) is 40.0 Å². The second-order valence-corrected chi connectivity index (χ2v) is 10.6. The number of ether oxygens (including phenoxy) is 1. The first-order valence-corrected chi connectivity index (χ1v) is 15.0. The van der Waals surface area contributed by atoms with Crippen molar-refractivity contribution >= 4 is 11.8 Å². The number of unbranched alkanes of at least 4 members (excludes halogenated alkanes) is 1. The number of H-pyrrole nitrogens is 1. The lowest BCUT2D eigenvalue weighted by Crippen LogP contribution is -2.28. The maximum absolute atomic E-state index is 13.7. The largest absolute Gasteiger partial charge is 0.489 e. The number of hydrogen-bond acceptors (Lipinski definition) is 10. The number of hydrogen-bond donors (Lipinski definition) is 1. The molecule has 0 fully saturated rings. The van der Waals surface area contributed by atoms with Crippen LogP contribution in [-0.4, -0.2) is 53.3 Å². The van der Waals surface area contributed by atoms with Gasteiger partial charge >= 0.3 is 5.76 Å². The average molecular weight is 586 g/mol. The van der Waals surface area contributed by atoms with Crippen LogP contribution in [0.3, 0.4) is 0 Å². The maximum atomic E-state index is 13.7. The van der Waals surface area contributed by atoms with Crippen molar-refractivity contribution in [1.29, 1.82) is 0 Å². The van der Waals surface area contributed by atoms with E-state index in [1.165, 1.54) is 0 Å². The first-order valence-electron chi connectivity index (χ1n) is 13.6. The summed E-state index contributed by atoms with van der Waals surface area (Å²) in [5, 5.41) is 3.82. The lowest BCUT2D eigenvalue weighted by molar-refractivity contribution is 0.341. The molecule has 0 spiro atoms. The lowest BCUT2D eigenvalue weighted by Gasteiger charge is -2.15. The van der Waals surface area contributed by atoms with E-state index in [-0.39, 0.29) is 12.1 Å². The van der Waals surface area contributed by atoms with Crippen LogP contribution in [0.1, 0.15) is 36.6 Å². The second kappa shape index (κ2) is 13.4. The van der Waals surface area contributed by atoms with Gasteiger partial charge in [-0.05, 0) is 37.7 Å². The topological polar surface area (TPSA) is 142 Å². The maximum Gasteiger partial charge on any atom is 0.439 e. The number of pyridine rings is 1. The fourth-order valence-electron chi connectivity index (χ4n) is 4.47. The van der Waals surface area contributed by atoms with Crippen molar-refractivity contribution in [3.63, 3.8) is 0 Å². The van der Waals surface area contributed by atoms with E-state index in [4.69, 9.17) is 9.72 Å². The van der Waals surface area contributed by atoms with Crippen molar-refractivity contribution in [2.24, 2.45) is 0 Å².